The van der Waals surface area contributed by atoms with Gasteiger partial charge >= 0.3 is 0 Å². The highest BCUT2D eigenvalue weighted by Crippen LogP contribution is 2.27. The fraction of sp³-hybridized carbons (Fsp3) is 0.458. The van der Waals surface area contributed by atoms with E-state index < -0.39 is 14.9 Å². The fourth-order valence-electron chi connectivity index (χ4n) is 4.64. The Balaban J connectivity index is 1.29. The predicted octanol–water partition coefficient (Wildman–Crippen LogP) is 3.12. The highest BCUT2D eigenvalue weighted by Gasteiger charge is 2.29. The quantitative estimate of drug-likeness (QED) is 0.475. The normalized spacial score (nSPS) is 17.2. The molecular weight excluding hydrogens is 456 g/mol. The first-order valence-corrected chi connectivity index (χ1v) is 13.1. The molecule has 9 nitrogen and oxygen atoms in total. The van der Waals surface area contributed by atoms with Crippen molar-refractivity contribution in [1.82, 2.24) is 9.21 Å². The molecule has 0 atom stereocenters. The minimum absolute atomic E-state index is 0.0333. The van der Waals surface area contributed by atoms with Crippen LogP contribution in [0.5, 0.6) is 0 Å². The van der Waals surface area contributed by atoms with Crippen molar-refractivity contribution in [3.8, 4) is 0 Å². The minimum atomic E-state index is -3.53. The van der Waals surface area contributed by atoms with Crippen LogP contribution in [-0.4, -0.2) is 61.2 Å². The van der Waals surface area contributed by atoms with Crippen LogP contribution in [0.4, 0.5) is 11.4 Å². The number of rotatable bonds is 7. The number of nitrogens with one attached hydrogen (secondary N) is 1. The van der Waals surface area contributed by atoms with E-state index in [0.717, 1.165) is 31.2 Å². The maximum absolute atomic E-state index is 13.2. The average molecular weight is 487 g/mol. The number of carbonyl (C=O) groups is 1. The molecule has 0 aromatic heterocycles. The second-order valence-corrected chi connectivity index (χ2v) is 10.8. The Kier molecular flexibility index (Phi) is 7.30. The first-order chi connectivity index (χ1) is 16.3. The Morgan fingerprint density at radius 3 is 2.47 bits per heavy atom. The Morgan fingerprint density at radius 1 is 1.06 bits per heavy atom. The van der Waals surface area contributed by atoms with Crippen LogP contribution >= 0.6 is 0 Å². The van der Waals surface area contributed by atoms with E-state index in [1.807, 2.05) is 12.1 Å². The molecule has 34 heavy (non-hydrogen) atoms. The van der Waals surface area contributed by atoms with Gasteiger partial charge in [-0.05, 0) is 61.9 Å². The van der Waals surface area contributed by atoms with Crippen molar-refractivity contribution in [2.75, 3.05) is 38.0 Å². The van der Waals surface area contributed by atoms with Crippen molar-refractivity contribution in [1.29, 1.82) is 0 Å². The lowest BCUT2D eigenvalue weighted by Crippen LogP contribution is -2.49. The molecule has 1 saturated heterocycles. The summed E-state index contributed by atoms with van der Waals surface area (Å²) in [7, 11) is -3.53. The summed E-state index contributed by atoms with van der Waals surface area (Å²) in [6, 6.07) is 10.1. The maximum atomic E-state index is 13.2. The minimum Gasteiger partial charge on any atom is -0.326 e. The van der Waals surface area contributed by atoms with Gasteiger partial charge in [-0.25, -0.2) is 8.42 Å². The third-order valence-electron chi connectivity index (χ3n) is 6.72. The van der Waals surface area contributed by atoms with Gasteiger partial charge in [-0.15, -0.1) is 0 Å². The van der Waals surface area contributed by atoms with Gasteiger partial charge in [-0.1, -0.05) is 12.1 Å². The Hall–Kier alpha value is -2.82. The van der Waals surface area contributed by atoms with E-state index in [2.05, 4.69) is 10.2 Å². The number of hydrogen-bond donors (Lipinski definition) is 1. The third kappa shape index (κ3) is 5.29. The highest BCUT2D eigenvalue weighted by atomic mass is 32.2. The van der Waals surface area contributed by atoms with Gasteiger partial charge in [-0.2, -0.15) is 4.31 Å². The van der Waals surface area contributed by atoms with Crippen LogP contribution in [0.25, 0.3) is 0 Å². The van der Waals surface area contributed by atoms with Gasteiger partial charge < -0.3 is 10.2 Å². The van der Waals surface area contributed by atoms with Crippen LogP contribution < -0.4 is 5.32 Å². The Labute approximate surface area is 200 Å². The zero-order chi connectivity index (χ0) is 24.3. The number of sulfonamides is 1. The smallest absolute Gasteiger partial charge is 0.274 e. The SMILES string of the molecule is Cc1c(NC(=O)CCN2CCN(S(=O)(=O)c3ccc4c(c3)CCCC4)CC2)cccc1[N+](=O)[O-]. The second-order valence-electron chi connectivity index (χ2n) is 8.89. The summed E-state index contributed by atoms with van der Waals surface area (Å²) in [6.07, 6.45) is 4.43. The molecule has 10 heteroatoms. The fourth-order valence-corrected chi connectivity index (χ4v) is 6.12. The number of nitro groups is 1. The first-order valence-electron chi connectivity index (χ1n) is 11.6. The molecule has 0 radical (unpaired) electrons. The summed E-state index contributed by atoms with van der Waals surface area (Å²) in [4.78, 5) is 25.5. The lowest BCUT2D eigenvalue weighted by atomic mass is 9.92. The van der Waals surface area contributed by atoms with Crippen molar-refractivity contribution in [2.24, 2.45) is 0 Å². The summed E-state index contributed by atoms with van der Waals surface area (Å²) in [5, 5.41) is 13.8. The standard InChI is InChI=1S/C24H30N4O5S/c1-18-22(7-4-8-23(18)28(30)31)25-24(29)11-12-26-13-15-27(16-14-26)34(32,33)21-10-9-19-5-2-3-6-20(19)17-21/h4,7-10,17H,2-3,5-6,11-16H2,1H3,(H,25,29). The summed E-state index contributed by atoms with van der Waals surface area (Å²) >= 11 is 0. The molecule has 1 aliphatic carbocycles. The number of piperazine rings is 1. The Morgan fingerprint density at radius 2 is 1.76 bits per heavy atom. The molecule has 1 aliphatic heterocycles. The number of nitrogens with zero attached hydrogens (tertiary/aromatic N) is 3. The van der Waals surface area contributed by atoms with E-state index >= 15 is 0 Å². The highest BCUT2D eigenvalue weighted by molar-refractivity contribution is 7.89. The molecule has 2 aromatic carbocycles. The van der Waals surface area contributed by atoms with Crippen LogP contribution in [0.2, 0.25) is 0 Å². The van der Waals surface area contributed by atoms with Crippen LogP contribution in [-0.2, 0) is 27.7 Å². The monoisotopic (exact) mass is 486 g/mol. The molecule has 0 bridgehead atoms. The van der Waals surface area contributed by atoms with E-state index in [-0.39, 0.29) is 18.0 Å². The zero-order valence-corrected chi connectivity index (χ0v) is 20.1. The van der Waals surface area contributed by atoms with Gasteiger partial charge in [-0.3, -0.25) is 14.9 Å². The van der Waals surface area contributed by atoms with E-state index in [1.54, 1.807) is 25.1 Å². The van der Waals surface area contributed by atoms with Crippen LogP contribution in [0.3, 0.4) is 0 Å². The van der Waals surface area contributed by atoms with Crippen molar-refractivity contribution < 1.29 is 18.1 Å². The van der Waals surface area contributed by atoms with Gasteiger partial charge in [0.1, 0.15) is 0 Å². The summed E-state index contributed by atoms with van der Waals surface area (Å²) in [5.74, 6) is -0.229. The molecule has 1 heterocycles. The maximum Gasteiger partial charge on any atom is 0.274 e. The third-order valence-corrected chi connectivity index (χ3v) is 8.61. The molecule has 0 spiro atoms. The van der Waals surface area contributed by atoms with E-state index in [4.69, 9.17) is 0 Å². The Bertz CT molecular complexity index is 1190. The van der Waals surface area contributed by atoms with Crippen molar-refractivity contribution in [2.45, 2.75) is 43.9 Å². The average Bonchev–Trinajstić information content (AvgIpc) is 2.84. The number of aryl methyl sites for hydroxylation is 2. The second kappa shape index (κ2) is 10.2. The predicted molar refractivity (Wildman–Crippen MR) is 129 cm³/mol. The number of fused-ring (bicyclic) bond motifs is 1. The number of nitro benzene ring substituents is 1. The largest absolute Gasteiger partial charge is 0.326 e. The van der Waals surface area contributed by atoms with Gasteiger partial charge in [0, 0.05) is 45.2 Å². The molecule has 2 aromatic rings. The van der Waals surface area contributed by atoms with Gasteiger partial charge in [0.05, 0.1) is 21.1 Å². The van der Waals surface area contributed by atoms with Crippen LogP contribution in [0.1, 0.15) is 36.0 Å². The number of carbonyl (C=O) groups excluding carboxylic acids is 1. The number of benzene rings is 2. The first kappa shape index (κ1) is 24.3. The molecule has 1 fully saturated rings. The van der Waals surface area contributed by atoms with Crippen LogP contribution in [0, 0.1) is 17.0 Å². The van der Waals surface area contributed by atoms with Gasteiger partial charge in [0.15, 0.2) is 0 Å². The molecule has 1 N–H and O–H groups in total. The zero-order valence-electron chi connectivity index (χ0n) is 19.3. The van der Waals surface area contributed by atoms with Crippen molar-refractivity contribution >= 4 is 27.3 Å². The van der Waals surface area contributed by atoms with Gasteiger partial charge in [0.25, 0.3) is 5.69 Å². The van der Waals surface area contributed by atoms with Crippen molar-refractivity contribution in [3.05, 3.63) is 63.2 Å². The molecule has 1 amide bonds. The summed E-state index contributed by atoms with van der Waals surface area (Å²) in [6.45, 7) is 3.96. The summed E-state index contributed by atoms with van der Waals surface area (Å²) in [5.41, 5.74) is 3.22. The lowest BCUT2D eigenvalue weighted by Gasteiger charge is -2.34. The summed E-state index contributed by atoms with van der Waals surface area (Å²) < 4.78 is 27.8. The molecule has 0 unspecified atom stereocenters. The topological polar surface area (TPSA) is 113 Å². The van der Waals surface area contributed by atoms with E-state index in [0.29, 0.717) is 48.9 Å². The molecule has 182 valence electrons. The number of amides is 1. The van der Waals surface area contributed by atoms with Gasteiger partial charge in [0.2, 0.25) is 15.9 Å². The van der Waals surface area contributed by atoms with Crippen molar-refractivity contribution in [3.63, 3.8) is 0 Å². The van der Waals surface area contributed by atoms with E-state index in [1.165, 1.54) is 15.9 Å². The molecule has 2 aliphatic rings. The number of anilines is 1. The lowest BCUT2D eigenvalue weighted by molar-refractivity contribution is -0.385. The van der Waals surface area contributed by atoms with E-state index in [9.17, 15) is 23.3 Å². The molecule has 4 rings (SSSR count). The number of hydrogen-bond acceptors (Lipinski definition) is 6. The molecular formula is C24H30N4O5S. The van der Waals surface area contributed by atoms with Crippen LogP contribution in [0.15, 0.2) is 41.3 Å². The molecule has 0 saturated carbocycles.